The molecule has 2 rings (SSSR count). The molecule has 0 amide bonds. The number of aliphatic hydroxyl groups is 1. The van der Waals surface area contributed by atoms with Gasteiger partial charge >= 0.3 is 6.18 Å². The number of halogens is 5. The molecule has 0 spiro atoms. The fourth-order valence-electron chi connectivity index (χ4n) is 1.59. The van der Waals surface area contributed by atoms with Crippen LogP contribution in [0, 0.1) is 18.6 Å². The van der Waals surface area contributed by atoms with E-state index in [0.29, 0.717) is 6.07 Å². The molecule has 20 heavy (non-hydrogen) atoms. The van der Waals surface area contributed by atoms with E-state index in [1.165, 1.54) is 6.92 Å². The minimum Gasteiger partial charge on any atom is -0.383 e. The lowest BCUT2D eigenvalue weighted by molar-refractivity contribution is -0.137. The molecular formula is C12H8F5NOS. The molecule has 1 aromatic heterocycles. The first-order valence-corrected chi connectivity index (χ1v) is 6.18. The number of aliphatic hydroxyl groups excluding tert-OH is 1. The topological polar surface area (TPSA) is 33.1 Å². The van der Waals surface area contributed by atoms with Crippen LogP contribution in [0.3, 0.4) is 0 Å². The van der Waals surface area contributed by atoms with Crippen molar-refractivity contribution in [2.24, 2.45) is 0 Å². The van der Waals surface area contributed by atoms with Crippen molar-refractivity contribution in [3.05, 3.63) is 51.0 Å². The predicted octanol–water partition coefficient (Wildman–Crippen LogP) is 3.83. The standard InChI is InChI=1S/C12H8F5NOS/c1-5-2-6(8(14)3-7(5)13)10(19)9-4-18-11(20-9)12(15,16)17/h2-4,10,19H,1H3. The summed E-state index contributed by atoms with van der Waals surface area (Å²) >= 11 is 0.215. The van der Waals surface area contributed by atoms with Gasteiger partial charge in [0.1, 0.15) is 17.7 Å². The van der Waals surface area contributed by atoms with E-state index in [4.69, 9.17) is 0 Å². The zero-order chi connectivity index (χ0) is 15.1. The maximum atomic E-state index is 13.6. The van der Waals surface area contributed by atoms with Gasteiger partial charge in [0.2, 0.25) is 0 Å². The zero-order valence-electron chi connectivity index (χ0n) is 10.0. The van der Waals surface area contributed by atoms with E-state index in [2.05, 4.69) is 4.98 Å². The van der Waals surface area contributed by atoms with Crippen molar-refractivity contribution in [3.63, 3.8) is 0 Å². The Hall–Kier alpha value is -1.54. The van der Waals surface area contributed by atoms with Crippen LogP contribution in [0.25, 0.3) is 0 Å². The molecule has 8 heteroatoms. The summed E-state index contributed by atoms with van der Waals surface area (Å²) in [6.07, 6.45) is -5.42. The highest BCUT2D eigenvalue weighted by Gasteiger charge is 2.35. The van der Waals surface area contributed by atoms with Crippen LogP contribution in [0.2, 0.25) is 0 Å². The highest BCUT2D eigenvalue weighted by Crippen LogP contribution is 2.36. The molecule has 0 fully saturated rings. The van der Waals surface area contributed by atoms with Crippen LogP contribution in [0.4, 0.5) is 22.0 Å². The number of rotatable bonds is 2. The molecule has 0 radical (unpaired) electrons. The fraction of sp³-hybridized carbons (Fsp3) is 0.250. The number of hydrogen-bond donors (Lipinski definition) is 1. The van der Waals surface area contributed by atoms with Gasteiger partial charge in [-0.1, -0.05) is 0 Å². The summed E-state index contributed by atoms with van der Waals surface area (Å²) in [6, 6.07) is 1.64. The van der Waals surface area contributed by atoms with E-state index in [-0.39, 0.29) is 27.3 Å². The van der Waals surface area contributed by atoms with Crippen molar-refractivity contribution >= 4 is 11.3 Å². The van der Waals surface area contributed by atoms with Crippen LogP contribution >= 0.6 is 11.3 Å². The maximum absolute atomic E-state index is 13.6. The van der Waals surface area contributed by atoms with E-state index >= 15 is 0 Å². The maximum Gasteiger partial charge on any atom is 0.443 e. The normalized spacial score (nSPS) is 13.6. The molecule has 0 aliphatic rings. The van der Waals surface area contributed by atoms with Gasteiger partial charge in [-0.3, -0.25) is 0 Å². The molecular weight excluding hydrogens is 301 g/mol. The molecule has 2 nitrogen and oxygen atoms in total. The largest absolute Gasteiger partial charge is 0.443 e. The van der Waals surface area contributed by atoms with Crippen LogP contribution in [0.1, 0.15) is 27.1 Å². The molecule has 0 saturated carbocycles. The van der Waals surface area contributed by atoms with Gasteiger partial charge in [0, 0.05) is 17.8 Å². The number of benzene rings is 1. The molecule has 0 aliphatic heterocycles. The summed E-state index contributed by atoms with van der Waals surface area (Å²) < 4.78 is 63.9. The number of thiazole rings is 1. The lowest BCUT2D eigenvalue weighted by Gasteiger charge is -2.11. The van der Waals surface area contributed by atoms with E-state index in [1.807, 2.05) is 0 Å². The zero-order valence-corrected chi connectivity index (χ0v) is 10.8. The van der Waals surface area contributed by atoms with Gasteiger partial charge in [-0.15, -0.1) is 11.3 Å². The average Bonchev–Trinajstić information content (AvgIpc) is 2.82. The van der Waals surface area contributed by atoms with Crippen molar-refractivity contribution in [3.8, 4) is 0 Å². The van der Waals surface area contributed by atoms with Crippen molar-refractivity contribution in [2.45, 2.75) is 19.2 Å². The van der Waals surface area contributed by atoms with Crippen LogP contribution in [0.5, 0.6) is 0 Å². The van der Waals surface area contributed by atoms with Crippen molar-refractivity contribution < 1.29 is 27.1 Å². The van der Waals surface area contributed by atoms with Gasteiger partial charge in [0.05, 0.1) is 4.88 Å². The van der Waals surface area contributed by atoms with Crippen LogP contribution in [0.15, 0.2) is 18.3 Å². The number of aromatic nitrogens is 1. The van der Waals surface area contributed by atoms with Gasteiger partial charge in [-0.25, -0.2) is 13.8 Å². The summed E-state index contributed by atoms with van der Waals surface area (Å²) in [5, 5.41) is 8.77. The molecule has 0 bridgehead atoms. The Morgan fingerprint density at radius 1 is 1.20 bits per heavy atom. The second-order valence-corrected chi connectivity index (χ2v) is 5.15. The third kappa shape index (κ3) is 2.80. The summed E-state index contributed by atoms with van der Waals surface area (Å²) in [5.74, 6) is -1.82. The van der Waals surface area contributed by atoms with Crippen molar-refractivity contribution in [1.29, 1.82) is 0 Å². The molecule has 1 N–H and O–H groups in total. The Labute approximate surface area is 114 Å². The van der Waals surface area contributed by atoms with Gasteiger partial charge in [0.25, 0.3) is 0 Å². The Balaban J connectivity index is 2.39. The number of hydrogen-bond acceptors (Lipinski definition) is 3. The van der Waals surface area contributed by atoms with Gasteiger partial charge in [-0.05, 0) is 18.6 Å². The Morgan fingerprint density at radius 3 is 2.40 bits per heavy atom. The number of alkyl halides is 3. The third-order valence-corrected chi connectivity index (χ3v) is 3.70. The van der Waals surface area contributed by atoms with Crippen LogP contribution in [-0.2, 0) is 6.18 Å². The molecule has 108 valence electrons. The highest BCUT2D eigenvalue weighted by atomic mass is 32.1. The predicted molar refractivity (Wildman–Crippen MR) is 62.3 cm³/mol. The van der Waals surface area contributed by atoms with Crippen LogP contribution in [-0.4, -0.2) is 10.1 Å². The quantitative estimate of drug-likeness (QED) is 0.855. The Kier molecular flexibility index (Phi) is 3.79. The molecule has 0 saturated heterocycles. The monoisotopic (exact) mass is 309 g/mol. The number of nitrogens with zero attached hydrogens (tertiary/aromatic N) is 1. The van der Waals surface area contributed by atoms with Crippen molar-refractivity contribution in [2.75, 3.05) is 0 Å². The van der Waals surface area contributed by atoms with E-state index < -0.39 is 28.9 Å². The summed E-state index contributed by atoms with van der Waals surface area (Å²) in [7, 11) is 0. The molecule has 1 unspecified atom stereocenters. The summed E-state index contributed by atoms with van der Waals surface area (Å²) in [4.78, 5) is 2.98. The van der Waals surface area contributed by atoms with Crippen LogP contribution < -0.4 is 0 Å². The lowest BCUT2D eigenvalue weighted by atomic mass is 10.0. The average molecular weight is 309 g/mol. The minimum atomic E-state index is -4.63. The summed E-state index contributed by atoms with van der Waals surface area (Å²) in [6.45, 7) is 1.36. The SMILES string of the molecule is Cc1cc(C(O)c2cnc(C(F)(F)F)s2)c(F)cc1F. The molecule has 2 aromatic rings. The highest BCUT2D eigenvalue weighted by molar-refractivity contribution is 7.11. The van der Waals surface area contributed by atoms with E-state index in [1.54, 1.807) is 0 Å². The second kappa shape index (κ2) is 5.10. The van der Waals surface area contributed by atoms with Gasteiger partial charge < -0.3 is 5.11 Å². The van der Waals surface area contributed by atoms with E-state index in [0.717, 1.165) is 12.3 Å². The number of aryl methyl sites for hydroxylation is 1. The second-order valence-electron chi connectivity index (χ2n) is 4.09. The van der Waals surface area contributed by atoms with Crippen molar-refractivity contribution in [1.82, 2.24) is 4.98 Å². The molecule has 1 atom stereocenters. The Bertz CT molecular complexity index is 637. The Morgan fingerprint density at radius 2 is 1.85 bits per heavy atom. The summed E-state index contributed by atoms with van der Waals surface area (Å²) in [5.41, 5.74) is -0.206. The smallest absolute Gasteiger partial charge is 0.383 e. The first kappa shape index (κ1) is 14.9. The van der Waals surface area contributed by atoms with Gasteiger partial charge in [0.15, 0.2) is 5.01 Å². The molecule has 0 aliphatic carbocycles. The lowest BCUT2D eigenvalue weighted by Crippen LogP contribution is -2.03. The first-order chi connectivity index (χ1) is 9.20. The first-order valence-electron chi connectivity index (χ1n) is 5.36. The van der Waals surface area contributed by atoms with E-state index in [9.17, 15) is 27.1 Å². The molecule has 1 aromatic carbocycles. The van der Waals surface area contributed by atoms with Gasteiger partial charge in [-0.2, -0.15) is 13.2 Å². The molecule has 1 heterocycles. The minimum absolute atomic E-state index is 0.0843. The fourth-order valence-corrected chi connectivity index (χ4v) is 2.37. The third-order valence-electron chi connectivity index (χ3n) is 2.61.